The summed E-state index contributed by atoms with van der Waals surface area (Å²) in [7, 11) is 0. The number of halogens is 1. The molecule has 1 aliphatic rings. The molecule has 0 amide bonds. The fourth-order valence-electron chi connectivity index (χ4n) is 3.88. The van der Waals surface area contributed by atoms with Crippen LogP contribution in [0.1, 0.15) is 54.6 Å². The maximum atomic E-state index is 9.16. The van der Waals surface area contributed by atoms with Crippen molar-refractivity contribution in [1.29, 1.82) is 5.26 Å². The smallest absolute Gasteiger partial charge is 0.101 e. The molecule has 0 atom stereocenters. The third-order valence-electron chi connectivity index (χ3n) is 5.41. The van der Waals surface area contributed by atoms with Gasteiger partial charge in [0.1, 0.15) is 6.07 Å². The maximum Gasteiger partial charge on any atom is 0.101 e. The fraction of sp³-hybridized carbons (Fsp3) is 0.308. The van der Waals surface area contributed by atoms with Crippen LogP contribution in [-0.2, 0) is 19.4 Å². The average molecular weight is 414 g/mol. The van der Waals surface area contributed by atoms with Crippen LogP contribution in [0, 0.1) is 29.1 Å². The van der Waals surface area contributed by atoms with Gasteiger partial charge >= 0.3 is 0 Å². The molecule has 3 aromatic rings. The molecule has 0 aliphatic heterocycles. The Labute approximate surface area is 183 Å². The molecule has 0 saturated heterocycles. The standard InChI is InChI=1S/C26H24ClN3/c1-18(2)7-8-19-9-11-20(12-10-19)17-30-25-6-4-3-5-23(25)26(29-30)21-13-14-22(16-28)24(27)15-21/h9-15,18H,3-6,17H2,1-2H3. The summed E-state index contributed by atoms with van der Waals surface area (Å²) >= 11 is 6.29. The molecular weight excluding hydrogens is 390 g/mol. The summed E-state index contributed by atoms with van der Waals surface area (Å²) in [6, 6.07) is 16.2. The summed E-state index contributed by atoms with van der Waals surface area (Å²) in [6.45, 7) is 4.94. The van der Waals surface area contributed by atoms with Crippen LogP contribution in [0.3, 0.4) is 0 Å². The van der Waals surface area contributed by atoms with E-state index in [0.29, 0.717) is 16.5 Å². The Kier molecular flexibility index (Phi) is 5.93. The van der Waals surface area contributed by atoms with Gasteiger partial charge in [-0.15, -0.1) is 0 Å². The highest BCUT2D eigenvalue weighted by Gasteiger charge is 2.22. The summed E-state index contributed by atoms with van der Waals surface area (Å²) in [5.41, 5.74) is 7.37. The van der Waals surface area contributed by atoms with Crippen molar-refractivity contribution >= 4 is 11.6 Å². The molecule has 1 heterocycles. The lowest BCUT2D eigenvalue weighted by Gasteiger charge is -2.14. The number of nitrogens with zero attached hydrogens (tertiary/aromatic N) is 3. The Bertz CT molecular complexity index is 1170. The number of aromatic nitrogens is 2. The van der Waals surface area contributed by atoms with Gasteiger partial charge in [0.05, 0.1) is 22.8 Å². The molecule has 30 heavy (non-hydrogen) atoms. The van der Waals surface area contributed by atoms with Crippen LogP contribution in [0.5, 0.6) is 0 Å². The van der Waals surface area contributed by atoms with Gasteiger partial charge in [0.25, 0.3) is 0 Å². The molecule has 0 radical (unpaired) electrons. The third kappa shape index (κ3) is 4.28. The van der Waals surface area contributed by atoms with E-state index >= 15 is 0 Å². The molecule has 4 heteroatoms. The predicted molar refractivity (Wildman–Crippen MR) is 121 cm³/mol. The topological polar surface area (TPSA) is 41.6 Å². The second-order valence-electron chi connectivity index (χ2n) is 8.07. The summed E-state index contributed by atoms with van der Waals surface area (Å²) < 4.78 is 2.14. The molecule has 0 unspecified atom stereocenters. The lowest BCUT2D eigenvalue weighted by Crippen LogP contribution is -2.10. The molecule has 0 fully saturated rings. The highest BCUT2D eigenvalue weighted by atomic mass is 35.5. The molecule has 0 N–H and O–H groups in total. The second kappa shape index (κ2) is 8.78. The first-order chi connectivity index (χ1) is 14.5. The summed E-state index contributed by atoms with van der Waals surface area (Å²) in [6.07, 6.45) is 4.45. The number of hydrogen-bond donors (Lipinski definition) is 0. The van der Waals surface area contributed by atoms with E-state index < -0.39 is 0 Å². The van der Waals surface area contributed by atoms with Crippen molar-refractivity contribution in [2.75, 3.05) is 0 Å². The van der Waals surface area contributed by atoms with Gasteiger partial charge in [0, 0.05) is 28.3 Å². The minimum Gasteiger partial charge on any atom is -0.264 e. The molecule has 4 rings (SSSR count). The van der Waals surface area contributed by atoms with Crippen molar-refractivity contribution in [1.82, 2.24) is 9.78 Å². The Balaban J connectivity index is 1.66. The van der Waals surface area contributed by atoms with Crippen LogP contribution in [0.4, 0.5) is 0 Å². The number of hydrogen-bond acceptors (Lipinski definition) is 2. The van der Waals surface area contributed by atoms with E-state index in [4.69, 9.17) is 22.0 Å². The van der Waals surface area contributed by atoms with E-state index in [-0.39, 0.29) is 0 Å². The van der Waals surface area contributed by atoms with Crippen LogP contribution in [0.15, 0.2) is 42.5 Å². The molecule has 1 aromatic heterocycles. The van der Waals surface area contributed by atoms with E-state index in [1.165, 1.54) is 29.7 Å². The van der Waals surface area contributed by atoms with Crippen molar-refractivity contribution in [3.05, 3.63) is 75.4 Å². The van der Waals surface area contributed by atoms with Crippen LogP contribution < -0.4 is 0 Å². The molecule has 0 saturated carbocycles. The normalized spacial score (nSPS) is 12.8. The lowest BCUT2D eigenvalue weighted by molar-refractivity contribution is 0.595. The van der Waals surface area contributed by atoms with Crippen molar-refractivity contribution in [3.63, 3.8) is 0 Å². The molecule has 0 spiro atoms. The van der Waals surface area contributed by atoms with Crippen molar-refractivity contribution in [3.8, 4) is 29.2 Å². The summed E-state index contributed by atoms with van der Waals surface area (Å²) in [5, 5.41) is 14.6. The van der Waals surface area contributed by atoms with Crippen LogP contribution >= 0.6 is 11.6 Å². The van der Waals surface area contributed by atoms with Gasteiger partial charge in [0.15, 0.2) is 0 Å². The summed E-state index contributed by atoms with van der Waals surface area (Å²) in [4.78, 5) is 0. The molecular formula is C26H24ClN3. The Morgan fingerprint density at radius 3 is 2.57 bits per heavy atom. The van der Waals surface area contributed by atoms with E-state index in [2.05, 4.69) is 60.7 Å². The molecule has 3 nitrogen and oxygen atoms in total. The zero-order valence-corrected chi connectivity index (χ0v) is 18.1. The van der Waals surface area contributed by atoms with Crippen LogP contribution in [0.2, 0.25) is 5.02 Å². The van der Waals surface area contributed by atoms with Gasteiger partial charge in [-0.3, -0.25) is 4.68 Å². The lowest BCUT2D eigenvalue weighted by atomic mass is 9.93. The Hall–Kier alpha value is -3.01. The van der Waals surface area contributed by atoms with E-state index in [0.717, 1.165) is 36.2 Å². The summed E-state index contributed by atoms with van der Waals surface area (Å²) in [5.74, 6) is 6.79. The predicted octanol–water partition coefficient (Wildman–Crippen LogP) is 6.01. The largest absolute Gasteiger partial charge is 0.264 e. The van der Waals surface area contributed by atoms with Crippen LogP contribution in [0.25, 0.3) is 11.3 Å². The zero-order valence-electron chi connectivity index (χ0n) is 17.4. The number of nitriles is 1. The Morgan fingerprint density at radius 1 is 1.10 bits per heavy atom. The minimum atomic E-state index is 0.370. The first kappa shape index (κ1) is 20.3. The number of rotatable bonds is 3. The highest BCUT2D eigenvalue weighted by Crippen LogP contribution is 2.33. The Morgan fingerprint density at radius 2 is 1.87 bits per heavy atom. The molecule has 150 valence electrons. The number of fused-ring (bicyclic) bond motifs is 1. The first-order valence-electron chi connectivity index (χ1n) is 10.4. The quantitative estimate of drug-likeness (QED) is 0.493. The second-order valence-corrected chi connectivity index (χ2v) is 8.47. The van der Waals surface area contributed by atoms with E-state index in [1.807, 2.05) is 12.1 Å². The number of benzene rings is 2. The monoisotopic (exact) mass is 413 g/mol. The zero-order chi connectivity index (χ0) is 21.1. The van der Waals surface area contributed by atoms with Crippen LogP contribution in [-0.4, -0.2) is 9.78 Å². The van der Waals surface area contributed by atoms with E-state index in [9.17, 15) is 0 Å². The van der Waals surface area contributed by atoms with Gasteiger partial charge < -0.3 is 0 Å². The van der Waals surface area contributed by atoms with Crippen molar-refractivity contribution < 1.29 is 0 Å². The van der Waals surface area contributed by atoms with Gasteiger partial charge in [-0.25, -0.2) is 0 Å². The molecule has 0 bridgehead atoms. The van der Waals surface area contributed by atoms with E-state index in [1.54, 1.807) is 6.07 Å². The SMILES string of the molecule is CC(C)C#Cc1ccc(Cn2nc(-c3ccc(C#N)c(Cl)c3)c3c2CCCC3)cc1. The fourth-order valence-corrected chi connectivity index (χ4v) is 4.10. The molecule has 1 aliphatic carbocycles. The van der Waals surface area contributed by atoms with Gasteiger partial charge in [-0.2, -0.15) is 10.4 Å². The maximum absolute atomic E-state index is 9.16. The van der Waals surface area contributed by atoms with Gasteiger partial charge in [-0.1, -0.05) is 55.5 Å². The average Bonchev–Trinajstić information content (AvgIpc) is 3.12. The van der Waals surface area contributed by atoms with Crippen molar-refractivity contribution in [2.45, 2.75) is 46.1 Å². The first-order valence-corrected chi connectivity index (χ1v) is 10.8. The minimum absolute atomic E-state index is 0.370. The molecule has 2 aromatic carbocycles. The van der Waals surface area contributed by atoms with Gasteiger partial charge in [0.2, 0.25) is 0 Å². The van der Waals surface area contributed by atoms with Crippen molar-refractivity contribution in [2.24, 2.45) is 5.92 Å². The highest BCUT2D eigenvalue weighted by molar-refractivity contribution is 6.32. The third-order valence-corrected chi connectivity index (χ3v) is 5.72. The van der Waals surface area contributed by atoms with Gasteiger partial charge in [-0.05, 0) is 55.5 Å².